The number of nitrogens with zero attached hydrogens (tertiary/aromatic N) is 2. The van der Waals surface area contributed by atoms with E-state index in [2.05, 4.69) is 22.1 Å². The highest BCUT2D eigenvalue weighted by Crippen LogP contribution is 2.37. The summed E-state index contributed by atoms with van der Waals surface area (Å²) in [4.78, 5) is 9.14. The van der Waals surface area contributed by atoms with Gasteiger partial charge in [0.1, 0.15) is 11.2 Å². The van der Waals surface area contributed by atoms with Crippen LogP contribution in [0.25, 0.3) is 33.2 Å². The van der Waals surface area contributed by atoms with E-state index in [1.165, 1.54) is 24.0 Å². The molecule has 1 aliphatic rings. The summed E-state index contributed by atoms with van der Waals surface area (Å²) in [6.45, 7) is 0. The second-order valence-electron chi connectivity index (χ2n) is 6.17. The third kappa shape index (κ3) is 1.89. The number of benzene rings is 1. The van der Waals surface area contributed by atoms with Crippen molar-refractivity contribution in [3.63, 3.8) is 0 Å². The van der Waals surface area contributed by atoms with Crippen molar-refractivity contribution in [1.29, 1.82) is 0 Å². The Morgan fingerprint density at radius 2 is 1.83 bits per heavy atom. The molecule has 0 atom stereocenters. The SMILES string of the molecule is c1ccc2c(c1)oc1c(-c3nccc4c3CCCC4)cncc12. The van der Waals surface area contributed by atoms with Crippen LogP contribution in [0.5, 0.6) is 0 Å². The minimum absolute atomic E-state index is 0.896. The monoisotopic (exact) mass is 300 g/mol. The Morgan fingerprint density at radius 3 is 2.83 bits per heavy atom. The number of aryl methyl sites for hydroxylation is 1. The highest BCUT2D eigenvalue weighted by atomic mass is 16.3. The van der Waals surface area contributed by atoms with E-state index in [9.17, 15) is 0 Å². The van der Waals surface area contributed by atoms with Gasteiger partial charge in [-0.25, -0.2) is 0 Å². The predicted octanol–water partition coefficient (Wildman–Crippen LogP) is 4.92. The summed E-state index contributed by atoms with van der Waals surface area (Å²) >= 11 is 0. The number of furan rings is 1. The third-order valence-electron chi connectivity index (χ3n) is 4.82. The fourth-order valence-corrected chi connectivity index (χ4v) is 3.70. The van der Waals surface area contributed by atoms with E-state index >= 15 is 0 Å². The van der Waals surface area contributed by atoms with Crippen LogP contribution in [0.15, 0.2) is 53.3 Å². The molecule has 5 rings (SSSR count). The van der Waals surface area contributed by atoms with Crippen molar-refractivity contribution in [2.24, 2.45) is 0 Å². The van der Waals surface area contributed by atoms with Gasteiger partial charge in [-0.15, -0.1) is 0 Å². The molecule has 3 nitrogen and oxygen atoms in total. The van der Waals surface area contributed by atoms with E-state index in [1.807, 2.05) is 36.8 Å². The number of pyridine rings is 2. The highest BCUT2D eigenvalue weighted by Gasteiger charge is 2.19. The molecule has 0 bridgehead atoms. The van der Waals surface area contributed by atoms with Gasteiger partial charge in [-0.3, -0.25) is 9.97 Å². The van der Waals surface area contributed by atoms with Crippen molar-refractivity contribution in [2.75, 3.05) is 0 Å². The topological polar surface area (TPSA) is 38.9 Å². The van der Waals surface area contributed by atoms with Gasteiger partial charge >= 0.3 is 0 Å². The fourth-order valence-electron chi connectivity index (χ4n) is 3.70. The summed E-state index contributed by atoms with van der Waals surface area (Å²) in [6.07, 6.45) is 10.4. The first kappa shape index (κ1) is 12.8. The average Bonchev–Trinajstić information content (AvgIpc) is 3.00. The Kier molecular flexibility index (Phi) is 2.74. The van der Waals surface area contributed by atoms with Crippen LogP contribution < -0.4 is 0 Å². The Hall–Kier alpha value is -2.68. The summed E-state index contributed by atoms with van der Waals surface area (Å²) in [6, 6.07) is 10.3. The van der Waals surface area contributed by atoms with Crippen LogP contribution in [0.2, 0.25) is 0 Å². The number of para-hydroxylation sites is 1. The molecule has 0 unspecified atom stereocenters. The normalized spacial score (nSPS) is 14.3. The average molecular weight is 300 g/mol. The molecule has 0 N–H and O–H groups in total. The Morgan fingerprint density at radius 1 is 0.913 bits per heavy atom. The Labute approximate surface area is 134 Å². The van der Waals surface area contributed by atoms with Crippen LogP contribution in [-0.2, 0) is 12.8 Å². The number of fused-ring (bicyclic) bond motifs is 4. The molecular formula is C20H16N2O. The maximum absolute atomic E-state index is 6.15. The first-order valence-corrected chi connectivity index (χ1v) is 8.14. The first-order chi connectivity index (χ1) is 11.4. The lowest BCUT2D eigenvalue weighted by Gasteiger charge is -2.18. The lowest BCUT2D eigenvalue weighted by Crippen LogP contribution is -2.06. The smallest absolute Gasteiger partial charge is 0.147 e. The molecule has 112 valence electrons. The van der Waals surface area contributed by atoms with Crippen LogP contribution in [0.1, 0.15) is 24.0 Å². The van der Waals surface area contributed by atoms with E-state index in [0.29, 0.717) is 0 Å². The van der Waals surface area contributed by atoms with E-state index in [4.69, 9.17) is 4.42 Å². The van der Waals surface area contributed by atoms with Gasteiger partial charge in [0.05, 0.1) is 11.3 Å². The zero-order valence-corrected chi connectivity index (χ0v) is 12.7. The van der Waals surface area contributed by atoms with E-state index in [1.54, 1.807) is 0 Å². The molecule has 0 amide bonds. The molecule has 0 saturated carbocycles. The lowest BCUT2D eigenvalue weighted by molar-refractivity contribution is 0.667. The largest absolute Gasteiger partial charge is 0.455 e. The quantitative estimate of drug-likeness (QED) is 0.501. The summed E-state index contributed by atoms with van der Waals surface area (Å²) < 4.78 is 6.15. The third-order valence-corrected chi connectivity index (χ3v) is 4.82. The maximum atomic E-state index is 6.15. The molecule has 3 heteroatoms. The zero-order valence-electron chi connectivity index (χ0n) is 12.7. The maximum Gasteiger partial charge on any atom is 0.147 e. The van der Waals surface area contributed by atoms with Crippen LogP contribution in [-0.4, -0.2) is 9.97 Å². The Bertz CT molecular complexity index is 1030. The molecule has 0 spiro atoms. The molecule has 1 aliphatic carbocycles. The minimum atomic E-state index is 0.896. The molecule has 4 aromatic rings. The molecular weight excluding hydrogens is 284 g/mol. The van der Waals surface area contributed by atoms with Crippen LogP contribution in [0, 0.1) is 0 Å². The van der Waals surface area contributed by atoms with E-state index < -0.39 is 0 Å². The fraction of sp³-hybridized carbons (Fsp3) is 0.200. The molecule has 23 heavy (non-hydrogen) atoms. The standard InChI is InChI=1S/C20H16N2O/c1-2-6-14-13(5-1)9-10-22-19(14)17-12-21-11-16-15-7-3-4-8-18(15)23-20(16)17/h3-4,7-12H,1-2,5-6H2. The molecule has 0 fully saturated rings. The van der Waals surface area contributed by atoms with Gasteiger partial charge < -0.3 is 4.42 Å². The number of hydrogen-bond donors (Lipinski definition) is 0. The van der Waals surface area contributed by atoms with Gasteiger partial charge in [-0.2, -0.15) is 0 Å². The van der Waals surface area contributed by atoms with Gasteiger partial charge in [0.2, 0.25) is 0 Å². The number of rotatable bonds is 1. The van der Waals surface area contributed by atoms with E-state index in [-0.39, 0.29) is 0 Å². The molecule has 1 aromatic carbocycles. The van der Waals surface area contributed by atoms with Gasteiger partial charge in [0.25, 0.3) is 0 Å². The second kappa shape index (κ2) is 4.92. The molecule has 3 heterocycles. The van der Waals surface area contributed by atoms with Crippen molar-refractivity contribution >= 4 is 21.9 Å². The van der Waals surface area contributed by atoms with Gasteiger partial charge in [0.15, 0.2) is 0 Å². The summed E-state index contributed by atoms with van der Waals surface area (Å²) in [5.74, 6) is 0. The number of aromatic nitrogens is 2. The molecule has 0 saturated heterocycles. The Balaban J connectivity index is 1.84. The summed E-state index contributed by atoms with van der Waals surface area (Å²) in [5, 5.41) is 2.18. The molecule has 0 aliphatic heterocycles. The molecule has 0 radical (unpaired) electrons. The summed E-state index contributed by atoms with van der Waals surface area (Å²) in [7, 11) is 0. The van der Waals surface area contributed by atoms with Crippen molar-refractivity contribution < 1.29 is 4.42 Å². The molecule has 3 aromatic heterocycles. The van der Waals surface area contributed by atoms with E-state index in [0.717, 1.165) is 46.0 Å². The van der Waals surface area contributed by atoms with Crippen LogP contribution in [0.4, 0.5) is 0 Å². The number of hydrogen-bond acceptors (Lipinski definition) is 3. The minimum Gasteiger partial charge on any atom is -0.455 e. The lowest BCUT2D eigenvalue weighted by atomic mass is 9.89. The summed E-state index contributed by atoms with van der Waals surface area (Å²) in [5.41, 5.74) is 6.65. The van der Waals surface area contributed by atoms with Gasteiger partial charge in [0, 0.05) is 29.4 Å². The van der Waals surface area contributed by atoms with Crippen molar-refractivity contribution in [3.05, 3.63) is 60.0 Å². The van der Waals surface area contributed by atoms with Crippen LogP contribution >= 0.6 is 0 Å². The second-order valence-corrected chi connectivity index (χ2v) is 6.17. The van der Waals surface area contributed by atoms with Crippen molar-refractivity contribution in [2.45, 2.75) is 25.7 Å². The van der Waals surface area contributed by atoms with Gasteiger partial charge in [-0.05, 0) is 48.9 Å². The highest BCUT2D eigenvalue weighted by molar-refractivity contribution is 6.08. The first-order valence-electron chi connectivity index (χ1n) is 8.14. The zero-order chi connectivity index (χ0) is 15.2. The van der Waals surface area contributed by atoms with Crippen molar-refractivity contribution in [3.8, 4) is 11.3 Å². The van der Waals surface area contributed by atoms with Crippen molar-refractivity contribution in [1.82, 2.24) is 9.97 Å². The van der Waals surface area contributed by atoms with Crippen LogP contribution in [0.3, 0.4) is 0 Å². The van der Waals surface area contributed by atoms with Gasteiger partial charge in [-0.1, -0.05) is 18.2 Å². The predicted molar refractivity (Wildman–Crippen MR) is 91.4 cm³/mol.